The van der Waals surface area contributed by atoms with Crippen LogP contribution < -0.4 is 0 Å². The molecular weight excluding hydrogens is 412 g/mol. The SMILES string of the molecule is CC#CCC(C)C(O)C=CC1C(O)CC2CC(=CCCCC(=O)OCc3ccccc3)CC21. The van der Waals surface area contributed by atoms with Gasteiger partial charge in [-0.3, -0.25) is 4.79 Å². The Bertz CT molecular complexity index is 876. The van der Waals surface area contributed by atoms with Crippen molar-refractivity contribution in [3.63, 3.8) is 0 Å². The van der Waals surface area contributed by atoms with E-state index in [-0.39, 0.29) is 23.9 Å². The molecule has 0 radical (unpaired) electrons. The van der Waals surface area contributed by atoms with Gasteiger partial charge in [-0.15, -0.1) is 11.8 Å². The molecule has 2 saturated carbocycles. The van der Waals surface area contributed by atoms with Crippen LogP contribution in [0.3, 0.4) is 0 Å². The minimum atomic E-state index is -0.532. The molecule has 0 heterocycles. The summed E-state index contributed by atoms with van der Waals surface area (Å²) in [6.45, 7) is 4.15. The number of aliphatic hydroxyl groups excluding tert-OH is 2. The molecule has 0 spiro atoms. The number of carbonyl (C=O) groups is 1. The number of rotatable bonds is 10. The number of aliphatic hydroxyl groups is 2. The van der Waals surface area contributed by atoms with E-state index in [1.165, 1.54) is 5.57 Å². The highest BCUT2D eigenvalue weighted by Crippen LogP contribution is 2.50. The number of carbonyl (C=O) groups excluding carboxylic acids is 1. The molecule has 3 rings (SSSR count). The summed E-state index contributed by atoms with van der Waals surface area (Å²) >= 11 is 0. The maximum Gasteiger partial charge on any atom is 0.306 e. The van der Waals surface area contributed by atoms with Crippen LogP contribution in [0.15, 0.2) is 54.1 Å². The number of benzene rings is 1. The second-order valence-electron chi connectivity index (χ2n) is 9.60. The van der Waals surface area contributed by atoms with Crippen LogP contribution in [0, 0.1) is 35.5 Å². The third kappa shape index (κ3) is 7.59. The Morgan fingerprint density at radius 1 is 1.27 bits per heavy atom. The van der Waals surface area contributed by atoms with Crippen molar-refractivity contribution in [2.24, 2.45) is 23.7 Å². The largest absolute Gasteiger partial charge is 0.461 e. The number of hydrogen-bond donors (Lipinski definition) is 2. The van der Waals surface area contributed by atoms with Gasteiger partial charge in [-0.25, -0.2) is 0 Å². The Balaban J connectivity index is 1.41. The Hall–Kier alpha value is -2.35. The summed E-state index contributed by atoms with van der Waals surface area (Å²) in [6, 6.07) is 9.74. The van der Waals surface area contributed by atoms with Gasteiger partial charge in [-0.2, -0.15) is 0 Å². The molecule has 0 amide bonds. The van der Waals surface area contributed by atoms with Crippen LogP contribution in [0.25, 0.3) is 0 Å². The number of unbranched alkanes of at least 4 members (excludes halogenated alkanes) is 1. The minimum absolute atomic E-state index is 0.0847. The van der Waals surface area contributed by atoms with Crippen LogP contribution in [0.2, 0.25) is 0 Å². The zero-order chi connectivity index (χ0) is 23.6. The third-order valence-corrected chi connectivity index (χ3v) is 7.09. The predicted molar refractivity (Wildman–Crippen MR) is 131 cm³/mol. The number of allylic oxidation sites excluding steroid dienone is 2. The van der Waals surface area contributed by atoms with Crippen LogP contribution in [0.4, 0.5) is 0 Å². The summed E-state index contributed by atoms with van der Waals surface area (Å²) in [5, 5.41) is 20.9. The van der Waals surface area contributed by atoms with Crippen molar-refractivity contribution in [1.82, 2.24) is 0 Å². The van der Waals surface area contributed by atoms with Gasteiger partial charge in [0, 0.05) is 18.8 Å². The van der Waals surface area contributed by atoms with Crippen molar-refractivity contribution < 1.29 is 19.7 Å². The Labute approximate surface area is 198 Å². The van der Waals surface area contributed by atoms with Crippen LogP contribution in [-0.2, 0) is 16.1 Å². The second kappa shape index (κ2) is 12.8. The van der Waals surface area contributed by atoms with Crippen molar-refractivity contribution in [3.05, 3.63) is 59.7 Å². The quantitative estimate of drug-likeness (QED) is 0.223. The predicted octanol–water partition coefficient (Wildman–Crippen LogP) is 5.20. The second-order valence-corrected chi connectivity index (χ2v) is 9.60. The summed E-state index contributed by atoms with van der Waals surface area (Å²) < 4.78 is 5.35. The lowest BCUT2D eigenvalue weighted by Gasteiger charge is -2.19. The molecule has 0 aromatic heterocycles. The molecule has 4 heteroatoms. The van der Waals surface area contributed by atoms with Gasteiger partial charge in [0.2, 0.25) is 0 Å². The normalized spacial score (nSPS) is 27.2. The van der Waals surface area contributed by atoms with E-state index in [2.05, 4.69) is 17.9 Å². The lowest BCUT2D eigenvalue weighted by atomic mass is 9.89. The fraction of sp³-hybridized carbons (Fsp3) is 0.552. The van der Waals surface area contributed by atoms with Crippen molar-refractivity contribution >= 4 is 5.97 Å². The van der Waals surface area contributed by atoms with E-state index in [1.807, 2.05) is 56.3 Å². The Morgan fingerprint density at radius 2 is 2.06 bits per heavy atom. The van der Waals surface area contributed by atoms with Gasteiger partial charge in [-0.05, 0) is 62.3 Å². The molecule has 4 nitrogen and oxygen atoms in total. The summed E-state index contributed by atoms with van der Waals surface area (Å²) in [4.78, 5) is 12.0. The molecule has 1 aromatic carbocycles. The molecule has 33 heavy (non-hydrogen) atoms. The number of esters is 1. The smallest absolute Gasteiger partial charge is 0.306 e. The van der Waals surface area contributed by atoms with Gasteiger partial charge in [0.25, 0.3) is 0 Å². The number of hydrogen-bond acceptors (Lipinski definition) is 4. The Kier molecular flexibility index (Phi) is 9.78. The van der Waals surface area contributed by atoms with Gasteiger partial charge < -0.3 is 14.9 Å². The summed E-state index contributed by atoms with van der Waals surface area (Å²) in [6.07, 6.45) is 11.0. The first kappa shape index (κ1) is 25.3. The number of ether oxygens (including phenoxy) is 1. The first-order valence-electron chi connectivity index (χ1n) is 12.3. The zero-order valence-electron chi connectivity index (χ0n) is 20.0. The van der Waals surface area contributed by atoms with Crippen molar-refractivity contribution in [2.45, 2.75) is 77.6 Å². The van der Waals surface area contributed by atoms with Gasteiger partial charge in [0.15, 0.2) is 0 Å². The summed E-state index contributed by atoms with van der Waals surface area (Å²) in [5.41, 5.74) is 2.45. The monoisotopic (exact) mass is 450 g/mol. The molecule has 2 fully saturated rings. The minimum Gasteiger partial charge on any atom is -0.461 e. The first-order chi connectivity index (χ1) is 16.0. The highest BCUT2D eigenvalue weighted by Gasteiger charge is 2.44. The van der Waals surface area contributed by atoms with Crippen molar-refractivity contribution in [1.29, 1.82) is 0 Å². The van der Waals surface area contributed by atoms with Crippen LogP contribution in [0.1, 0.15) is 64.4 Å². The Morgan fingerprint density at radius 3 is 2.82 bits per heavy atom. The molecule has 0 saturated heterocycles. The zero-order valence-corrected chi connectivity index (χ0v) is 20.0. The first-order valence-corrected chi connectivity index (χ1v) is 12.3. The van der Waals surface area contributed by atoms with E-state index in [9.17, 15) is 15.0 Å². The van der Waals surface area contributed by atoms with Crippen LogP contribution in [0.5, 0.6) is 0 Å². The molecule has 6 atom stereocenters. The summed E-state index contributed by atoms with van der Waals surface area (Å²) in [7, 11) is 0. The third-order valence-electron chi connectivity index (χ3n) is 7.09. The molecule has 178 valence electrons. The highest BCUT2D eigenvalue weighted by atomic mass is 16.5. The van der Waals surface area contributed by atoms with Crippen molar-refractivity contribution in [2.75, 3.05) is 0 Å². The van der Waals surface area contributed by atoms with E-state index in [0.29, 0.717) is 31.3 Å². The maximum atomic E-state index is 12.0. The molecule has 2 aliphatic carbocycles. The summed E-state index contributed by atoms with van der Waals surface area (Å²) in [5.74, 6) is 6.90. The van der Waals surface area contributed by atoms with E-state index in [0.717, 1.165) is 37.7 Å². The fourth-order valence-corrected chi connectivity index (χ4v) is 5.12. The standard InChI is InChI=1S/C29H38O4/c1-3-4-10-21(2)27(30)16-15-25-26-18-23(17-24(26)19-28(25)31)13-8-9-14-29(32)33-20-22-11-6-5-7-12-22/h5-7,11-13,15-16,21,24-28,30-31H,8-10,14,17-20H2,1-2H3. The fourth-order valence-electron chi connectivity index (χ4n) is 5.12. The van der Waals surface area contributed by atoms with E-state index < -0.39 is 6.10 Å². The molecule has 6 unspecified atom stereocenters. The number of fused-ring (bicyclic) bond motifs is 1. The highest BCUT2D eigenvalue weighted by molar-refractivity contribution is 5.69. The molecule has 2 N–H and O–H groups in total. The van der Waals surface area contributed by atoms with Gasteiger partial charge in [0.1, 0.15) is 6.61 Å². The van der Waals surface area contributed by atoms with Gasteiger partial charge in [0.05, 0.1) is 12.2 Å². The molecule has 0 bridgehead atoms. The van der Waals surface area contributed by atoms with E-state index >= 15 is 0 Å². The maximum absolute atomic E-state index is 12.0. The lowest BCUT2D eigenvalue weighted by molar-refractivity contribution is -0.145. The molecule has 2 aliphatic rings. The molecule has 1 aromatic rings. The lowest BCUT2D eigenvalue weighted by Crippen LogP contribution is -2.19. The van der Waals surface area contributed by atoms with Crippen LogP contribution in [-0.4, -0.2) is 28.4 Å². The average molecular weight is 451 g/mol. The molecule has 0 aliphatic heterocycles. The van der Waals surface area contributed by atoms with Gasteiger partial charge >= 0.3 is 5.97 Å². The van der Waals surface area contributed by atoms with E-state index in [4.69, 9.17) is 4.74 Å². The van der Waals surface area contributed by atoms with Crippen molar-refractivity contribution in [3.8, 4) is 11.8 Å². The average Bonchev–Trinajstić information content (AvgIpc) is 3.34. The van der Waals surface area contributed by atoms with Crippen LogP contribution >= 0.6 is 0 Å². The van der Waals surface area contributed by atoms with Gasteiger partial charge in [-0.1, -0.05) is 61.1 Å². The molecular formula is C29H38O4. The topological polar surface area (TPSA) is 66.8 Å². The van der Waals surface area contributed by atoms with E-state index in [1.54, 1.807) is 0 Å².